The topological polar surface area (TPSA) is 101 Å². The number of halogens is 2. The molecule has 9 heteroatoms. The molecule has 0 spiro atoms. The molecule has 94 valence electrons. The second kappa shape index (κ2) is 4.22. The van der Waals surface area contributed by atoms with E-state index in [0.717, 1.165) is 0 Å². The van der Waals surface area contributed by atoms with Gasteiger partial charge in [-0.3, -0.25) is 4.55 Å². The molecule has 1 fully saturated rings. The normalized spacial score (nSPS) is 26.8. The van der Waals surface area contributed by atoms with Gasteiger partial charge >= 0.3 is 21.3 Å². The van der Waals surface area contributed by atoms with Crippen molar-refractivity contribution in [1.82, 2.24) is 0 Å². The molecule has 0 radical (unpaired) electrons. The zero-order valence-electron chi connectivity index (χ0n) is 7.97. The van der Waals surface area contributed by atoms with Gasteiger partial charge in [0.1, 0.15) is 6.10 Å². The van der Waals surface area contributed by atoms with Crippen LogP contribution in [0.2, 0.25) is 0 Å². The Kier molecular flexibility index (Phi) is 3.50. The van der Waals surface area contributed by atoms with Crippen LogP contribution in [0.15, 0.2) is 0 Å². The van der Waals surface area contributed by atoms with Crippen molar-refractivity contribution in [2.75, 3.05) is 0 Å². The highest BCUT2D eigenvalue weighted by molar-refractivity contribution is 7.87. The number of carbonyl (C=O) groups is 1. The fourth-order valence-electron chi connectivity index (χ4n) is 1.36. The van der Waals surface area contributed by atoms with Crippen LogP contribution in [0.25, 0.3) is 0 Å². The smallest absolute Gasteiger partial charge is 0.454 e. The van der Waals surface area contributed by atoms with Crippen LogP contribution in [0.5, 0.6) is 0 Å². The third kappa shape index (κ3) is 2.47. The molecule has 0 aliphatic heterocycles. The molecule has 0 saturated heterocycles. The number of aliphatic hydroxyl groups is 1. The molecule has 0 heterocycles. The minimum atomic E-state index is -5.85. The van der Waals surface area contributed by atoms with E-state index in [-0.39, 0.29) is 12.8 Å². The third-order valence-electron chi connectivity index (χ3n) is 2.24. The first-order chi connectivity index (χ1) is 7.16. The molecule has 6 nitrogen and oxygen atoms in total. The van der Waals surface area contributed by atoms with Gasteiger partial charge in [0.15, 0.2) is 0 Å². The molecule has 0 bridgehead atoms. The number of rotatable bonds is 3. The molecule has 2 atom stereocenters. The van der Waals surface area contributed by atoms with Gasteiger partial charge in [-0.25, -0.2) is 4.79 Å². The summed E-state index contributed by atoms with van der Waals surface area (Å²) in [5, 5.41) is 4.17. The maximum Gasteiger partial charge on any atom is 0.465 e. The number of ether oxygens (including phenoxy) is 1. The highest BCUT2D eigenvalue weighted by Gasteiger charge is 2.55. The molecule has 0 amide bonds. The van der Waals surface area contributed by atoms with Crippen LogP contribution >= 0.6 is 0 Å². The van der Waals surface area contributed by atoms with Crippen LogP contribution in [0.3, 0.4) is 0 Å². The van der Waals surface area contributed by atoms with E-state index in [9.17, 15) is 27.1 Å². The Balaban J connectivity index is 2.72. The van der Waals surface area contributed by atoms with Crippen molar-refractivity contribution in [3.05, 3.63) is 0 Å². The van der Waals surface area contributed by atoms with Crippen LogP contribution in [-0.4, -0.2) is 41.5 Å². The van der Waals surface area contributed by atoms with E-state index < -0.39 is 33.5 Å². The average molecular weight is 260 g/mol. The van der Waals surface area contributed by atoms with Gasteiger partial charge in [0.25, 0.3) is 0 Å². The zero-order valence-corrected chi connectivity index (χ0v) is 8.78. The summed E-state index contributed by atoms with van der Waals surface area (Å²) in [6, 6.07) is 0. The molecule has 1 saturated carbocycles. The molecular weight excluding hydrogens is 250 g/mol. The van der Waals surface area contributed by atoms with Crippen molar-refractivity contribution in [2.45, 2.75) is 36.7 Å². The second-order valence-electron chi connectivity index (χ2n) is 3.43. The number of hydrogen-bond donors (Lipinski definition) is 2. The van der Waals surface area contributed by atoms with Crippen molar-refractivity contribution < 1.29 is 36.4 Å². The molecule has 0 aromatic heterocycles. The van der Waals surface area contributed by atoms with E-state index in [1.165, 1.54) is 0 Å². The van der Waals surface area contributed by atoms with Crippen LogP contribution < -0.4 is 0 Å². The van der Waals surface area contributed by atoms with Crippen molar-refractivity contribution in [2.24, 2.45) is 0 Å². The van der Waals surface area contributed by atoms with Crippen LogP contribution in [0.4, 0.5) is 8.78 Å². The van der Waals surface area contributed by atoms with Gasteiger partial charge < -0.3 is 9.84 Å². The van der Waals surface area contributed by atoms with E-state index in [4.69, 9.17) is 4.55 Å². The first kappa shape index (κ1) is 13.3. The third-order valence-corrected chi connectivity index (χ3v) is 3.05. The number of hydrogen-bond acceptors (Lipinski definition) is 5. The monoisotopic (exact) mass is 260 g/mol. The van der Waals surface area contributed by atoms with E-state index in [0.29, 0.717) is 6.42 Å². The van der Waals surface area contributed by atoms with Crippen LogP contribution in [-0.2, 0) is 19.6 Å². The van der Waals surface area contributed by atoms with Crippen molar-refractivity contribution >= 4 is 16.1 Å². The molecule has 0 aromatic rings. The van der Waals surface area contributed by atoms with Gasteiger partial charge in [0.2, 0.25) is 0 Å². The predicted molar refractivity (Wildman–Crippen MR) is 46.2 cm³/mol. The Morgan fingerprint density at radius 2 is 1.94 bits per heavy atom. The summed E-state index contributed by atoms with van der Waals surface area (Å²) in [6.07, 6.45) is -1.29. The summed E-state index contributed by atoms with van der Waals surface area (Å²) in [6.45, 7) is 0. The van der Waals surface area contributed by atoms with Gasteiger partial charge in [-0.1, -0.05) is 0 Å². The first-order valence-electron chi connectivity index (χ1n) is 4.40. The maximum absolute atomic E-state index is 12.7. The number of carbonyl (C=O) groups excluding carboxylic acids is 1. The second-order valence-corrected chi connectivity index (χ2v) is 4.90. The molecule has 0 aromatic carbocycles. The highest BCUT2D eigenvalue weighted by atomic mass is 32.2. The van der Waals surface area contributed by atoms with Gasteiger partial charge in [-0.05, 0) is 19.3 Å². The van der Waals surface area contributed by atoms with Crippen molar-refractivity contribution in [1.29, 1.82) is 0 Å². The quantitative estimate of drug-likeness (QED) is 0.544. The van der Waals surface area contributed by atoms with Crippen molar-refractivity contribution in [3.63, 3.8) is 0 Å². The minimum absolute atomic E-state index is 0.175. The summed E-state index contributed by atoms with van der Waals surface area (Å²) in [7, 11) is -5.85. The van der Waals surface area contributed by atoms with E-state index in [1.54, 1.807) is 0 Å². The van der Waals surface area contributed by atoms with Gasteiger partial charge in [-0.2, -0.15) is 17.2 Å². The Bertz CT molecular complexity index is 378. The van der Waals surface area contributed by atoms with E-state index in [1.807, 2.05) is 0 Å². The number of aliphatic hydroxyl groups excluding tert-OH is 1. The lowest BCUT2D eigenvalue weighted by Gasteiger charge is -2.18. The minimum Gasteiger partial charge on any atom is -0.454 e. The summed E-state index contributed by atoms with van der Waals surface area (Å²) < 4.78 is 58.1. The first-order valence-corrected chi connectivity index (χ1v) is 5.84. The summed E-state index contributed by atoms with van der Waals surface area (Å²) in [5.74, 6) is -2.37. The van der Waals surface area contributed by atoms with E-state index >= 15 is 0 Å². The van der Waals surface area contributed by atoms with Gasteiger partial charge in [0, 0.05) is 0 Å². The van der Waals surface area contributed by atoms with Gasteiger partial charge in [0.05, 0.1) is 6.10 Å². The van der Waals surface area contributed by atoms with Crippen molar-refractivity contribution in [3.8, 4) is 0 Å². The number of esters is 1. The Morgan fingerprint density at radius 1 is 1.38 bits per heavy atom. The Morgan fingerprint density at radius 3 is 2.31 bits per heavy atom. The molecule has 1 rings (SSSR count). The number of alkyl halides is 2. The lowest BCUT2D eigenvalue weighted by Crippen LogP contribution is -2.42. The molecular formula is C7H10F2O6S. The molecule has 2 unspecified atom stereocenters. The zero-order chi connectivity index (χ0) is 12.6. The average Bonchev–Trinajstić information content (AvgIpc) is 2.49. The molecule has 2 N–H and O–H groups in total. The van der Waals surface area contributed by atoms with Crippen LogP contribution in [0, 0.1) is 0 Å². The van der Waals surface area contributed by atoms with Crippen LogP contribution in [0.1, 0.15) is 19.3 Å². The highest BCUT2D eigenvalue weighted by Crippen LogP contribution is 2.27. The summed E-state index contributed by atoms with van der Waals surface area (Å²) in [5.41, 5.74) is 0. The lowest BCUT2D eigenvalue weighted by atomic mass is 10.3. The Labute approximate surface area is 90.0 Å². The fraction of sp³-hybridized carbons (Fsp3) is 0.857. The van der Waals surface area contributed by atoms with Gasteiger partial charge in [-0.15, -0.1) is 0 Å². The predicted octanol–water partition coefficient (Wildman–Crippen LogP) is -0.0764. The fourth-order valence-corrected chi connectivity index (χ4v) is 1.61. The SMILES string of the molecule is O=C(OC1CCCC1O)C(F)(F)S(=O)(=O)O. The Hall–Kier alpha value is -0.800. The standard InChI is InChI=1S/C7H10F2O6S/c8-7(9,16(12,13)14)6(11)15-5-3-1-2-4(5)10/h4-5,10H,1-3H2,(H,12,13,14). The lowest BCUT2D eigenvalue weighted by molar-refractivity contribution is -0.171. The van der Waals surface area contributed by atoms with E-state index in [2.05, 4.69) is 4.74 Å². The molecule has 1 aliphatic rings. The molecule has 16 heavy (non-hydrogen) atoms. The molecule has 1 aliphatic carbocycles. The largest absolute Gasteiger partial charge is 0.465 e. The maximum atomic E-state index is 12.7. The summed E-state index contributed by atoms with van der Waals surface area (Å²) >= 11 is 0. The summed E-state index contributed by atoms with van der Waals surface area (Å²) in [4.78, 5) is 10.8.